The molecule has 1 rings (SSSR count). The van der Waals surface area contributed by atoms with E-state index in [0.717, 1.165) is 31.2 Å². The summed E-state index contributed by atoms with van der Waals surface area (Å²) in [5, 5.41) is 6.48. The highest BCUT2D eigenvalue weighted by atomic mass is 16.5. The van der Waals surface area contributed by atoms with E-state index in [1.807, 2.05) is 25.1 Å². The lowest BCUT2D eigenvalue weighted by molar-refractivity contribution is 0.131. The Bertz CT molecular complexity index is 504. The second-order valence-electron chi connectivity index (χ2n) is 5.75. The molecule has 1 aromatic rings. The van der Waals surface area contributed by atoms with Crippen LogP contribution in [-0.2, 0) is 4.74 Å². The van der Waals surface area contributed by atoms with Crippen molar-refractivity contribution in [1.29, 1.82) is 0 Å². The summed E-state index contributed by atoms with van der Waals surface area (Å²) >= 11 is 0. The highest BCUT2D eigenvalue weighted by molar-refractivity contribution is 5.93. The maximum Gasteiger partial charge on any atom is 0.195 e. The van der Waals surface area contributed by atoms with Gasteiger partial charge in [0.2, 0.25) is 0 Å². The first-order chi connectivity index (χ1) is 11.6. The molecule has 0 aliphatic carbocycles. The Morgan fingerprint density at radius 1 is 1.12 bits per heavy atom. The fourth-order valence-corrected chi connectivity index (χ4v) is 2.00. The molecule has 0 radical (unpaired) electrons. The largest absolute Gasteiger partial charge is 0.493 e. The minimum Gasteiger partial charge on any atom is -0.493 e. The lowest BCUT2D eigenvalue weighted by atomic mass is 10.1. The van der Waals surface area contributed by atoms with Crippen molar-refractivity contribution in [2.24, 2.45) is 10.9 Å². The second-order valence-corrected chi connectivity index (χ2v) is 5.75. The van der Waals surface area contributed by atoms with Crippen LogP contribution in [0.15, 0.2) is 23.2 Å². The highest BCUT2D eigenvalue weighted by Crippen LogP contribution is 2.29. The van der Waals surface area contributed by atoms with E-state index < -0.39 is 0 Å². The van der Waals surface area contributed by atoms with Crippen molar-refractivity contribution < 1.29 is 14.2 Å². The van der Waals surface area contributed by atoms with E-state index in [0.29, 0.717) is 30.6 Å². The van der Waals surface area contributed by atoms with Crippen molar-refractivity contribution in [3.8, 4) is 11.5 Å². The molecule has 0 fully saturated rings. The number of methoxy groups -OCH3 is 2. The van der Waals surface area contributed by atoms with Gasteiger partial charge in [0.05, 0.1) is 27.4 Å². The van der Waals surface area contributed by atoms with Crippen molar-refractivity contribution in [2.45, 2.75) is 27.2 Å². The van der Waals surface area contributed by atoms with Crippen LogP contribution >= 0.6 is 0 Å². The summed E-state index contributed by atoms with van der Waals surface area (Å²) in [6.45, 7) is 9.22. The Balaban J connectivity index is 2.57. The SMILES string of the molecule is CCNC(=NCCOCCC(C)C)Nc1ccc(OC)c(OC)c1. The predicted octanol–water partition coefficient (Wildman–Crippen LogP) is 3.14. The van der Waals surface area contributed by atoms with Gasteiger partial charge in [0.25, 0.3) is 0 Å². The van der Waals surface area contributed by atoms with E-state index in [1.165, 1.54) is 0 Å². The van der Waals surface area contributed by atoms with E-state index in [4.69, 9.17) is 14.2 Å². The van der Waals surface area contributed by atoms with Crippen LogP contribution in [0.5, 0.6) is 11.5 Å². The van der Waals surface area contributed by atoms with E-state index in [9.17, 15) is 0 Å². The van der Waals surface area contributed by atoms with Gasteiger partial charge in [-0.1, -0.05) is 13.8 Å². The van der Waals surface area contributed by atoms with Crippen LogP contribution in [0, 0.1) is 5.92 Å². The summed E-state index contributed by atoms with van der Waals surface area (Å²) in [7, 11) is 3.24. The Labute approximate surface area is 145 Å². The number of nitrogens with one attached hydrogen (secondary N) is 2. The molecule has 0 aliphatic rings. The minimum absolute atomic E-state index is 0.612. The monoisotopic (exact) mass is 337 g/mol. The lowest BCUT2D eigenvalue weighted by Crippen LogP contribution is -2.31. The maximum atomic E-state index is 5.59. The summed E-state index contributed by atoms with van der Waals surface area (Å²) in [5.41, 5.74) is 0.882. The molecule has 0 saturated heterocycles. The molecule has 0 atom stereocenters. The average molecular weight is 337 g/mol. The Morgan fingerprint density at radius 3 is 2.50 bits per heavy atom. The summed E-state index contributed by atoms with van der Waals surface area (Å²) in [6.07, 6.45) is 1.08. The number of rotatable bonds is 10. The Kier molecular flexibility index (Phi) is 9.68. The molecule has 2 N–H and O–H groups in total. The van der Waals surface area contributed by atoms with Crippen molar-refractivity contribution >= 4 is 11.6 Å². The molecule has 0 aromatic heterocycles. The van der Waals surface area contributed by atoms with Crippen molar-refractivity contribution in [2.75, 3.05) is 45.8 Å². The van der Waals surface area contributed by atoms with Crippen LogP contribution in [0.3, 0.4) is 0 Å². The predicted molar refractivity (Wildman–Crippen MR) is 99.4 cm³/mol. The van der Waals surface area contributed by atoms with Gasteiger partial charge in [0.1, 0.15) is 0 Å². The number of ether oxygens (including phenoxy) is 3. The standard InChI is InChI=1S/C18H31N3O3/c1-6-19-18(20-10-12-24-11-9-14(2)3)21-15-7-8-16(22-4)17(13-15)23-5/h7-8,13-14H,6,9-12H2,1-5H3,(H2,19,20,21). The summed E-state index contributed by atoms with van der Waals surface area (Å²) in [6, 6.07) is 5.66. The molecule has 0 aliphatic heterocycles. The summed E-state index contributed by atoms with van der Waals surface area (Å²) in [5.74, 6) is 2.76. The summed E-state index contributed by atoms with van der Waals surface area (Å²) in [4.78, 5) is 4.52. The summed E-state index contributed by atoms with van der Waals surface area (Å²) < 4.78 is 16.2. The number of anilines is 1. The van der Waals surface area contributed by atoms with Gasteiger partial charge in [-0.25, -0.2) is 0 Å². The van der Waals surface area contributed by atoms with Crippen LogP contribution in [0.2, 0.25) is 0 Å². The van der Waals surface area contributed by atoms with Gasteiger partial charge in [0, 0.05) is 24.9 Å². The van der Waals surface area contributed by atoms with E-state index in [1.54, 1.807) is 14.2 Å². The van der Waals surface area contributed by atoms with Crippen molar-refractivity contribution in [3.05, 3.63) is 18.2 Å². The molecule has 24 heavy (non-hydrogen) atoms. The van der Waals surface area contributed by atoms with Gasteiger partial charge >= 0.3 is 0 Å². The third-order valence-electron chi connectivity index (χ3n) is 3.34. The fraction of sp³-hybridized carbons (Fsp3) is 0.611. The van der Waals surface area contributed by atoms with Gasteiger partial charge in [-0.2, -0.15) is 0 Å². The number of nitrogens with zero attached hydrogens (tertiary/aromatic N) is 1. The smallest absolute Gasteiger partial charge is 0.195 e. The lowest BCUT2D eigenvalue weighted by Gasteiger charge is -2.14. The molecule has 1 aromatic carbocycles. The van der Waals surface area contributed by atoms with E-state index in [-0.39, 0.29) is 0 Å². The zero-order chi connectivity index (χ0) is 17.8. The molecule has 0 heterocycles. The molecule has 136 valence electrons. The normalized spacial score (nSPS) is 11.5. The Hall–Kier alpha value is -1.95. The fourth-order valence-electron chi connectivity index (χ4n) is 2.00. The topological polar surface area (TPSA) is 64.1 Å². The van der Waals surface area contributed by atoms with E-state index >= 15 is 0 Å². The van der Waals surface area contributed by atoms with Crippen LogP contribution in [-0.4, -0.2) is 46.5 Å². The van der Waals surface area contributed by atoms with Crippen LogP contribution in [0.4, 0.5) is 5.69 Å². The van der Waals surface area contributed by atoms with Gasteiger partial charge in [-0.15, -0.1) is 0 Å². The molecular formula is C18H31N3O3. The number of hydrogen-bond donors (Lipinski definition) is 2. The van der Waals surface area contributed by atoms with Gasteiger partial charge in [-0.05, 0) is 31.4 Å². The van der Waals surface area contributed by atoms with E-state index in [2.05, 4.69) is 29.5 Å². The molecule has 0 saturated carbocycles. The number of hydrogen-bond acceptors (Lipinski definition) is 4. The molecule has 0 bridgehead atoms. The minimum atomic E-state index is 0.612. The molecule has 0 unspecified atom stereocenters. The van der Waals surface area contributed by atoms with Crippen molar-refractivity contribution in [3.63, 3.8) is 0 Å². The first-order valence-electron chi connectivity index (χ1n) is 8.45. The van der Waals surface area contributed by atoms with Gasteiger partial charge in [0.15, 0.2) is 17.5 Å². The molecular weight excluding hydrogens is 306 g/mol. The van der Waals surface area contributed by atoms with Crippen LogP contribution in [0.1, 0.15) is 27.2 Å². The molecule has 0 spiro atoms. The van der Waals surface area contributed by atoms with Gasteiger partial charge < -0.3 is 24.8 Å². The second kappa shape index (κ2) is 11.6. The number of aliphatic imine (C=N–C) groups is 1. The van der Waals surface area contributed by atoms with Crippen molar-refractivity contribution in [1.82, 2.24) is 5.32 Å². The molecule has 0 amide bonds. The molecule has 6 nitrogen and oxygen atoms in total. The third-order valence-corrected chi connectivity index (χ3v) is 3.34. The first kappa shape index (κ1) is 20.1. The quantitative estimate of drug-likeness (QED) is 0.390. The third kappa shape index (κ3) is 7.55. The number of guanidine groups is 1. The van der Waals surface area contributed by atoms with Gasteiger partial charge in [-0.3, -0.25) is 4.99 Å². The average Bonchev–Trinajstić information content (AvgIpc) is 2.57. The van der Waals surface area contributed by atoms with Crippen LogP contribution < -0.4 is 20.1 Å². The Morgan fingerprint density at radius 2 is 1.88 bits per heavy atom. The number of benzene rings is 1. The highest BCUT2D eigenvalue weighted by Gasteiger charge is 2.06. The maximum absolute atomic E-state index is 5.59. The zero-order valence-corrected chi connectivity index (χ0v) is 15.5. The van der Waals surface area contributed by atoms with Crippen LogP contribution in [0.25, 0.3) is 0 Å². The first-order valence-corrected chi connectivity index (χ1v) is 8.45. The molecule has 6 heteroatoms. The zero-order valence-electron chi connectivity index (χ0n) is 15.5.